The van der Waals surface area contributed by atoms with Gasteiger partial charge in [-0.2, -0.15) is 0 Å². The van der Waals surface area contributed by atoms with E-state index in [0.29, 0.717) is 0 Å². The minimum Gasteiger partial charge on any atom is -0.480 e. The Hall–Kier alpha value is -2.14. The number of carbonyl (C=O) groups excluding carboxylic acids is 1. The van der Waals surface area contributed by atoms with Crippen LogP contribution in [0.2, 0.25) is 0 Å². The summed E-state index contributed by atoms with van der Waals surface area (Å²) in [5, 5.41) is 22.3. The molecule has 1 amide bonds. The molecule has 1 aromatic carbocycles. The molecule has 0 aromatic heterocycles. The Morgan fingerprint density at radius 2 is 2.04 bits per heavy atom. The maximum Gasteiger partial charge on any atom is 0.327 e. The van der Waals surface area contributed by atoms with Crippen LogP contribution in [0, 0.1) is 10.1 Å². The number of thioether (sulfide) groups is 1. The van der Waals surface area contributed by atoms with Crippen molar-refractivity contribution in [3.05, 3.63) is 28.3 Å². The average Bonchev–Trinajstić information content (AvgIpc) is 2.41. The highest BCUT2D eigenvalue weighted by molar-refractivity contribution is 7.99. The van der Waals surface area contributed by atoms with Gasteiger partial charge in [0.2, 0.25) is 5.91 Å². The van der Waals surface area contributed by atoms with E-state index >= 15 is 0 Å². The number of rotatable bonds is 7. The number of aliphatic carboxylic acids is 1. The molecule has 126 valence electrons. The summed E-state index contributed by atoms with van der Waals surface area (Å²) in [6.45, 7) is 1.16. The number of nitro benzene ring substituents is 1. The van der Waals surface area contributed by atoms with Crippen molar-refractivity contribution in [2.75, 3.05) is 12.0 Å². The average molecular weight is 362 g/mol. The van der Waals surface area contributed by atoms with Gasteiger partial charge in [0.25, 0.3) is 5.69 Å². The van der Waals surface area contributed by atoms with Crippen LogP contribution in [-0.2, 0) is 19.4 Å². The van der Waals surface area contributed by atoms with Gasteiger partial charge >= 0.3 is 5.97 Å². The molecule has 0 bridgehead atoms. The second kappa shape index (κ2) is 7.42. The Morgan fingerprint density at radius 3 is 2.48 bits per heavy atom. The monoisotopic (exact) mass is 362 g/mol. The molecular weight excluding hydrogens is 348 g/mol. The summed E-state index contributed by atoms with van der Waals surface area (Å²) in [5.74, 6) is -1.96. The number of carboxylic acids is 1. The fourth-order valence-electron chi connectivity index (χ4n) is 1.59. The SMILES string of the molecule is CC(=O)N[C@@H](CSc1ccc(S(C)(=O)=O)cc1[N+](=O)[O-])C(=O)O. The molecule has 0 spiro atoms. The van der Waals surface area contributed by atoms with Crippen LogP contribution in [0.1, 0.15) is 6.92 Å². The van der Waals surface area contributed by atoms with Gasteiger partial charge in [-0.3, -0.25) is 14.9 Å². The van der Waals surface area contributed by atoms with Gasteiger partial charge < -0.3 is 10.4 Å². The van der Waals surface area contributed by atoms with Gasteiger partial charge in [-0.25, -0.2) is 13.2 Å². The molecule has 1 atom stereocenters. The first kappa shape index (κ1) is 18.9. The van der Waals surface area contributed by atoms with Crippen LogP contribution in [0.4, 0.5) is 5.69 Å². The first-order chi connectivity index (χ1) is 10.5. The molecule has 11 heteroatoms. The summed E-state index contributed by atoms with van der Waals surface area (Å²) in [7, 11) is -3.60. The molecule has 0 fully saturated rings. The Morgan fingerprint density at radius 1 is 1.43 bits per heavy atom. The van der Waals surface area contributed by atoms with Gasteiger partial charge in [-0.1, -0.05) is 0 Å². The van der Waals surface area contributed by atoms with Crippen LogP contribution in [-0.4, -0.2) is 48.4 Å². The van der Waals surface area contributed by atoms with Crippen LogP contribution < -0.4 is 5.32 Å². The highest BCUT2D eigenvalue weighted by Gasteiger charge is 2.23. The lowest BCUT2D eigenvalue weighted by Crippen LogP contribution is -2.41. The molecule has 1 rings (SSSR count). The minimum absolute atomic E-state index is 0.110. The lowest BCUT2D eigenvalue weighted by molar-refractivity contribution is -0.388. The van der Waals surface area contributed by atoms with E-state index in [-0.39, 0.29) is 15.5 Å². The summed E-state index contributed by atoms with van der Waals surface area (Å²) in [4.78, 5) is 32.2. The Labute approximate surface area is 136 Å². The predicted molar refractivity (Wildman–Crippen MR) is 82.2 cm³/mol. The molecule has 23 heavy (non-hydrogen) atoms. The van der Waals surface area contributed by atoms with E-state index in [1.54, 1.807) is 0 Å². The zero-order valence-corrected chi connectivity index (χ0v) is 13.8. The van der Waals surface area contributed by atoms with Gasteiger partial charge in [0, 0.05) is 25.0 Å². The van der Waals surface area contributed by atoms with Crippen molar-refractivity contribution in [2.45, 2.75) is 22.8 Å². The zero-order chi connectivity index (χ0) is 17.8. The second-order valence-electron chi connectivity index (χ2n) is 4.56. The Kier molecular flexibility index (Phi) is 6.10. The van der Waals surface area contributed by atoms with Crippen LogP contribution >= 0.6 is 11.8 Å². The number of carbonyl (C=O) groups is 2. The van der Waals surface area contributed by atoms with Crippen molar-refractivity contribution >= 4 is 39.2 Å². The van der Waals surface area contributed by atoms with E-state index < -0.39 is 38.4 Å². The van der Waals surface area contributed by atoms with Gasteiger partial charge in [0.1, 0.15) is 6.04 Å². The van der Waals surface area contributed by atoms with Crippen molar-refractivity contribution in [1.82, 2.24) is 5.32 Å². The lowest BCUT2D eigenvalue weighted by Gasteiger charge is -2.13. The number of nitrogens with zero attached hydrogens (tertiary/aromatic N) is 1. The smallest absolute Gasteiger partial charge is 0.327 e. The zero-order valence-electron chi connectivity index (χ0n) is 12.2. The minimum atomic E-state index is -3.60. The highest BCUT2D eigenvalue weighted by atomic mass is 32.2. The predicted octanol–water partition coefficient (Wildman–Crippen LogP) is 0.680. The van der Waals surface area contributed by atoms with Crippen LogP contribution in [0.5, 0.6) is 0 Å². The van der Waals surface area contributed by atoms with Crippen molar-refractivity contribution in [3.63, 3.8) is 0 Å². The first-order valence-corrected chi connectivity index (χ1v) is 9.01. The van der Waals surface area contributed by atoms with Crippen molar-refractivity contribution in [3.8, 4) is 0 Å². The molecule has 0 unspecified atom stereocenters. The third-order valence-electron chi connectivity index (χ3n) is 2.64. The molecule has 2 N–H and O–H groups in total. The van der Waals surface area contributed by atoms with Crippen molar-refractivity contribution in [1.29, 1.82) is 0 Å². The Bertz CT molecular complexity index is 746. The maximum absolute atomic E-state index is 11.4. The largest absolute Gasteiger partial charge is 0.480 e. The van der Waals surface area contributed by atoms with Crippen molar-refractivity contribution in [2.24, 2.45) is 0 Å². The molecule has 1 aromatic rings. The highest BCUT2D eigenvalue weighted by Crippen LogP contribution is 2.31. The van der Waals surface area contributed by atoms with Gasteiger partial charge in [-0.15, -0.1) is 11.8 Å². The van der Waals surface area contributed by atoms with E-state index in [0.717, 1.165) is 31.0 Å². The van der Waals surface area contributed by atoms with E-state index in [1.165, 1.54) is 12.1 Å². The molecule has 0 saturated heterocycles. The van der Waals surface area contributed by atoms with Gasteiger partial charge in [0.05, 0.1) is 14.7 Å². The molecule has 0 aliphatic carbocycles. The van der Waals surface area contributed by atoms with Gasteiger partial charge in [0.15, 0.2) is 9.84 Å². The molecule has 0 radical (unpaired) electrons. The fraction of sp³-hybridized carbons (Fsp3) is 0.333. The fourth-order valence-corrected chi connectivity index (χ4v) is 3.24. The van der Waals surface area contributed by atoms with Crippen LogP contribution in [0.3, 0.4) is 0 Å². The molecular formula is C12H14N2O7S2. The number of nitro groups is 1. The lowest BCUT2D eigenvalue weighted by atomic mass is 10.3. The van der Waals surface area contributed by atoms with Crippen LogP contribution in [0.15, 0.2) is 28.0 Å². The van der Waals surface area contributed by atoms with Crippen LogP contribution in [0.25, 0.3) is 0 Å². The van der Waals surface area contributed by atoms with E-state index in [2.05, 4.69) is 5.32 Å². The van der Waals surface area contributed by atoms with E-state index in [1.807, 2.05) is 0 Å². The van der Waals surface area contributed by atoms with E-state index in [4.69, 9.17) is 5.11 Å². The summed E-state index contributed by atoms with van der Waals surface area (Å²) < 4.78 is 22.9. The summed E-state index contributed by atoms with van der Waals surface area (Å²) in [6.07, 6.45) is 0.927. The van der Waals surface area contributed by atoms with E-state index in [9.17, 15) is 28.1 Å². The van der Waals surface area contributed by atoms with Crippen molar-refractivity contribution < 1.29 is 28.0 Å². The number of carboxylic acid groups (broad SMARTS) is 1. The Balaban J connectivity index is 3.06. The molecule has 0 saturated carbocycles. The number of hydrogen-bond acceptors (Lipinski definition) is 7. The number of benzene rings is 1. The molecule has 9 nitrogen and oxygen atoms in total. The second-order valence-corrected chi connectivity index (χ2v) is 7.64. The molecule has 0 aliphatic heterocycles. The maximum atomic E-state index is 11.4. The first-order valence-electron chi connectivity index (χ1n) is 6.13. The normalized spacial score (nSPS) is 12.4. The molecule has 0 heterocycles. The molecule has 0 aliphatic rings. The number of hydrogen-bond donors (Lipinski definition) is 2. The third kappa shape index (κ3) is 5.53. The summed E-state index contributed by atoms with van der Waals surface area (Å²) in [6, 6.07) is 2.16. The standard InChI is InChI=1S/C12H14N2O7S2/c1-7(15)13-9(12(16)17)6-22-11-4-3-8(23(2,20)21)5-10(11)14(18)19/h3-5,9H,6H2,1-2H3,(H,13,15)(H,16,17)/t9-/m0/s1. The summed E-state index contributed by atoms with van der Waals surface area (Å²) >= 11 is 0.841. The number of amides is 1. The quantitative estimate of drug-likeness (QED) is 0.409. The number of nitrogens with one attached hydrogen (secondary N) is 1. The topological polar surface area (TPSA) is 144 Å². The number of sulfone groups is 1. The summed E-state index contributed by atoms with van der Waals surface area (Å²) in [5.41, 5.74) is -0.440. The third-order valence-corrected chi connectivity index (χ3v) is 4.90. The van der Waals surface area contributed by atoms with Gasteiger partial charge in [-0.05, 0) is 12.1 Å².